The Bertz CT molecular complexity index is 815. The van der Waals surface area contributed by atoms with E-state index in [0.29, 0.717) is 10.9 Å². The van der Waals surface area contributed by atoms with E-state index in [2.05, 4.69) is 26.3 Å². The van der Waals surface area contributed by atoms with Crippen molar-refractivity contribution < 1.29 is 14.6 Å². The summed E-state index contributed by atoms with van der Waals surface area (Å²) < 4.78 is 2.14. The first-order chi connectivity index (χ1) is 11.7. The van der Waals surface area contributed by atoms with Gasteiger partial charge >= 0.3 is 0 Å². The topological polar surface area (TPSA) is 133 Å². The van der Waals surface area contributed by atoms with Crippen LogP contribution in [0.4, 0.5) is 17.1 Å². The van der Waals surface area contributed by atoms with Gasteiger partial charge in [0.1, 0.15) is 11.6 Å². The molecule has 2 rings (SSSR count). The highest BCUT2D eigenvalue weighted by Gasteiger charge is 2.25. The molecule has 1 atom stereocenters. The number of amides is 1. The Morgan fingerprint density at radius 2 is 1.88 bits per heavy atom. The first kappa shape index (κ1) is 18.5. The van der Waals surface area contributed by atoms with Crippen LogP contribution in [-0.4, -0.2) is 25.5 Å². The number of carbonyl (C=O) groups is 1. The summed E-state index contributed by atoms with van der Waals surface area (Å²) in [7, 11) is 0. The number of aromatic nitrogens is 2. The Kier molecular flexibility index (Phi) is 5.47. The molecule has 1 heterocycles. The Labute approximate surface area is 150 Å². The fraction of sp³-hybridized carbons (Fsp3) is 0.286. The number of rotatable bonds is 6. The molecule has 0 spiro atoms. The number of hydrogen-bond donors (Lipinski definition) is 1. The summed E-state index contributed by atoms with van der Waals surface area (Å²) in [5.74, 6) is -0.481. The van der Waals surface area contributed by atoms with Gasteiger partial charge in [0, 0.05) is 18.3 Å². The summed E-state index contributed by atoms with van der Waals surface area (Å²) in [5.41, 5.74) is -0.950. The normalized spacial score (nSPS) is 11.8. The monoisotopic (exact) mass is 411 g/mol. The Morgan fingerprint density at radius 1 is 1.32 bits per heavy atom. The highest BCUT2D eigenvalue weighted by Crippen LogP contribution is 2.32. The van der Waals surface area contributed by atoms with Crippen LogP contribution in [0.25, 0.3) is 0 Å². The summed E-state index contributed by atoms with van der Waals surface area (Å²) in [4.78, 5) is 33.2. The highest BCUT2D eigenvalue weighted by atomic mass is 79.9. The molecular weight excluding hydrogens is 398 g/mol. The molecule has 0 saturated heterocycles. The van der Waals surface area contributed by atoms with Gasteiger partial charge in [0.25, 0.3) is 11.4 Å². The van der Waals surface area contributed by atoms with Gasteiger partial charge < -0.3 is 5.32 Å². The summed E-state index contributed by atoms with van der Waals surface area (Å²) >= 11 is 3.24. The number of nitro groups is 2. The third kappa shape index (κ3) is 3.99. The minimum Gasteiger partial charge on any atom is -0.324 e. The van der Waals surface area contributed by atoms with Gasteiger partial charge in [-0.2, -0.15) is 5.10 Å². The van der Waals surface area contributed by atoms with E-state index in [0.717, 1.165) is 12.1 Å². The molecule has 2 aromatic rings. The van der Waals surface area contributed by atoms with Gasteiger partial charge in [0.2, 0.25) is 5.91 Å². The lowest BCUT2D eigenvalue weighted by Crippen LogP contribution is -2.26. The van der Waals surface area contributed by atoms with Gasteiger partial charge in [-0.3, -0.25) is 29.7 Å². The van der Waals surface area contributed by atoms with Crippen molar-refractivity contribution >= 4 is 38.9 Å². The van der Waals surface area contributed by atoms with Gasteiger partial charge in [-0.05, 0) is 29.3 Å². The number of halogens is 1. The zero-order valence-electron chi connectivity index (χ0n) is 13.3. The predicted octanol–water partition coefficient (Wildman–Crippen LogP) is 3.36. The number of anilines is 1. The smallest absolute Gasteiger partial charge is 0.281 e. The summed E-state index contributed by atoms with van der Waals surface area (Å²) in [6.07, 6.45) is 3.56. The van der Waals surface area contributed by atoms with E-state index in [1.807, 2.05) is 0 Å². The molecule has 0 radical (unpaired) electrons. The van der Waals surface area contributed by atoms with Crippen molar-refractivity contribution in [1.82, 2.24) is 9.78 Å². The molecule has 1 unspecified atom stereocenters. The Balaban J connectivity index is 2.36. The lowest BCUT2D eigenvalue weighted by molar-refractivity contribution is -0.395. The van der Waals surface area contributed by atoms with Crippen LogP contribution in [-0.2, 0) is 4.79 Å². The fourth-order valence-electron chi connectivity index (χ4n) is 2.34. The molecular formula is C14H14BrN5O5. The number of carbonyl (C=O) groups excluding carboxylic acids is 1. The number of hydrogen-bond acceptors (Lipinski definition) is 6. The van der Waals surface area contributed by atoms with E-state index in [9.17, 15) is 25.0 Å². The van der Waals surface area contributed by atoms with Crippen LogP contribution in [0, 0.1) is 27.2 Å². The van der Waals surface area contributed by atoms with Crippen LogP contribution >= 0.6 is 15.9 Å². The Hall–Kier alpha value is -2.82. The van der Waals surface area contributed by atoms with Gasteiger partial charge in [-0.15, -0.1) is 0 Å². The molecule has 1 amide bonds. The standard InChI is InChI=1S/C14H14BrN5O5/c1-3-11(18-7-9(15)6-16-18)14(21)17-10-4-12(19(22)23)8(2)13(5-10)20(24)25/h4-7,11H,3H2,1-2H3,(H,17,21). The quantitative estimate of drug-likeness (QED) is 0.571. The van der Waals surface area contributed by atoms with Gasteiger partial charge in [0.05, 0.1) is 26.2 Å². The van der Waals surface area contributed by atoms with Crippen molar-refractivity contribution in [2.24, 2.45) is 0 Å². The van der Waals surface area contributed by atoms with Crippen molar-refractivity contribution in [2.45, 2.75) is 26.3 Å². The van der Waals surface area contributed by atoms with Crippen molar-refractivity contribution in [3.05, 3.63) is 54.8 Å². The molecule has 1 N–H and O–H groups in total. The summed E-state index contributed by atoms with van der Waals surface area (Å²) in [6.45, 7) is 3.07. The number of nitrogens with zero attached hydrogens (tertiary/aromatic N) is 4. The van der Waals surface area contributed by atoms with Crippen LogP contribution in [0.3, 0.4) is 0 Å². The molecule has 1 aromatic heterocycles. The molecule has 1 aromatic carbocycles. The van der Waals surface area contributed by atoms with Crippen molar-refractivity contribution in [1.29, 1.82) is 0 Å². The first-order valence-electron chi connectivity index (χ1n) is 7.18. The molecule has 0 aliphatic carbocycles. The average Bonchev–Trinajstić information content (AvgIpc) is 2.95. The van der Waals surface area contributed by atoms with Crippen LogP contribution < -0.4 is 5.32 Å². The van der Waals surface area contributed by atoms with Crippen LogP contribution in [0.1, 0.15) is 24.9 Å². The molecule has 132 valence electrons. The van der Waals surface area contributed by atoms with Crippen LogP contribution in [0.5, 0.6) is 0 Å². The first-order valence-corrected chi connectivity index (χ1v) is 7.97. The maximum absolute atomic E-state index is 12.5. The molecule has 0 aliphatic heterocycles. The lowest BCUT2D eigenvalue weighted by atomic mass is 10.1. The molecule has 0 saturated carbocycles. The van der Waals surface area contributed by atoms with E-state index in [-0.39, 0.29) is 11.3 Å². The highest BCUT2D eigenvalue weighted by molar-refractivity contribution is 9.10. The molecule has 0 bridgehead atoms. The van der Waals surface area contributed by atoms with E-state index < -0.39 is 33.2 Å². The summed E-state index contributed by atoms with van der Waals surface area (Å²) in [5, 5.41) is 28.7. The van der Waals surface area contributed by atoms with Crippen molar-refractivity contribution in [3.63, 3.8) is 0 Å². The van der Waals surface area contributed by atoms with Gasteiger partial charge in [0.15, 0.2) is 0 Å². The molecule has 25 heavy (non-hydrogen) atoms. The van der Waals surface area contributed by atoms with Crippen LogP contribution in [0.2, 0.25) is 0 Å². The van der Waals surface area contributed by atoms with Crippen LogP contribution in [0.15, 0.2) is 29.0 Å². The maximum atomic E-state index is 12.5. The average molecular weight is 412 g/mol. The number of nitro benzene ring substituents is 2. The third-order valence-corrected chi connectivity index (χ3v) is 4.00. The minimum absolute atomic E-state index is 0.0151. The third-order valence-electron chi connectivity index (χ3n) is 3.59. The second kappa shape index (κ2) is 7.38. The maximum Gasteiger partial charge on any atom is 0.281 e. The number of nitrogens with one attached hydrogen (secondary N) is 1. The van der Waals surface area contributed by atoms with E-state index in [4.69, 9.17) is 0 Å². The second-order valence-electron chi connectivity index (χ2n) is 5.21. The minimum atomic E-state index is -0.722. The van der Waals surface area contributed by atoms with Crippen molar-refractivity contribution in [3.8, 4) is 0 Å². The summed E-state index contributed by atoms with van der Waals surface area (Å²) in [6, 6.07) is 1.54. The van der Waals surface area contributed by atoms with Gasteiger partial charge in [-0.25, -0.2) is 0 Å². The SMILES string of the molecule is CCC(C(=O)Nc1cc([N+](=O)[O-])c(C)c([N+](=O)[O-])c1)n1cc(Br)cn1. The zero-order valence-corrected chi connectivity index (χ0v) is 14.9. The van der Waals surface area contributed by atoms with E-state index in [1.54, 1.807) is 13.1 Å². The second-order valence-corrected chi connectivity index (χ2v) is 6.12. The van der Waals surface area contributed by atoms with Gasteiger partial charge in [-0.1, -0.05) is 6.92 Å². The predicted molar refractivity (Wildman–Crippen MR) is 92.4 cm³/mol. The molecule has 0 aliphatic rings. The fourth-order valence-corrected chi connectivity index (χ4v) is 2.64. The molecule has 11 heteroatoms. The van der Waals surface area contributed by atoms with E-state index >= 15 is 0 Å². The molecule has 10 nitrogen and oxygen atoms in total. The number of benzene rings is 1. The largest absolute Gasteiger partial charge is 0.324 e. The molecule has 0 fully saturated rings. The van der Waals surface area contributed by atoms with Crippen molar-refractivity contribution in [2.75, 3.05) is 5.32 Å². The zero-order chi connectivity index (χ0) is 18.7. The van der Waals surface area contributed by atoms with E-state index in [1.165, 1.54) is 17.8 Å². The Morgan fingerprint density at radius 3 is 2.28 bits per heavy atom. The lowest BCUT2D eigenvalue weighted by Gasteiger charge is -2.15.